The van der Waals surface area contributed by atoms with Gasteiger partial charge in [-0.15, -0.1) is 0 Å². The molecule has 0 atom stereocenters. The van der Waals surface area contributed by atoms with E-state index in [2.05, 4.69) is 39.9 Å². The van der Waals surface area contributed by atoms with Gasteiger partial charge in [0.25, 0.3) is 0 Å². The molecule has 4 N–H and O–H groups in total. The summed E-state index contributed by atoms with van der Waals surface area (Å²) >= 11 is 0. The monoisotopic (exact) mass is 361 g/mol. The fraction of sp³-hybridized carbons (Fsp3) is 0.294. The lowest BCUT2D eigenvalue weighted by atomic mass is 10.0. The first-order valence-electron chi connectivity index (χ1n) is 7.95. The van der Waals surface area contributed by atoms with Gasteiger partial charge < -0.3 is 11.1 Å². The summed E-state index contributed by atoms with van der Waals surface area (Å²) in [5, 5.41) is 3.01. The van der Waals surface area contributed by atoms with Gasteiger partial charge >= 0.3 is 0 Å². The molecule has 0 amide bonds. The minimum atomic E-state index is -3.58. The van der Waals surface area contributed by atoms with Gasteiger partial charge in [-0.2, -0.15) is 0 Å². The van der Waals surface area contributed by atoms with Crippen molar-refractivity contribution in [2.24, 2.45) is 10.7 Å². The molecule has 1 heterocycles. The highest BCUT2D eigenvalue weighted by Crippen LogP contribution is 2.18. The second-order valence-corrected chi connectivity index (χ2v) is 7.53. The number of benzene rings is 1. The lowest BCUT2D eigenvalue weighted by Crippen LogP contribution is -2.28. The lowest BCUT2D eigenvalue weighted by molar-refractivity contribution is 0.582. The van der Waals surface area contributed by atoms with Crippen molar-refractivity contribution in [3.63, 3.8) is 0 Å². The largest absolute Gasteiger partial charge is 0.370 e. The summed E-state index contributed by atoms with van der Waals surface area (Å²) in [7, 11) is -3.58. The number of anilines is 1. The van der Waals surface area contributed by atoms with Gasteiger partial charge in [-0.3, -0.25) is 9.98 Å². The molecule has 0 bridgehead atoms. The van der Waals surface area contributed by atoms with E-state index in [9.17, 15) is 8.42 Å². The molecule has 7 nitrogen and oxygen atoms in total. The standard InChI is InChI=1S/C17H23N5O2S/c1-13(2)14-5-3-6-15(11-14)22-17(18)20-9-10-21-25(23,24)16-7-4-8-19-12-16/h3-8,11-13,21H,9-10H2,1-2H3,(H3,18,20,22). The number of nitrogens with two attached hydrogens (primary N) is 1. The van der Waals surface area contributed by atoms with Gasteiger partial charge in [0.05, 0.1) is 6.54 Å². The number of nitrogens with one attached hydrogen (secondary N) is 2. The minimum Gasteiger partial charge on any atom is -0.370 e. The molecule has 0 unspecified atom stereocenters. The van der Waals surface area contributed by atoms with E-state index in [1.807, 2.05) is 18.2 Å². The Morgan fingerprint density at radius 2 is 2.08 bits per heavy atom. The Morgan fingerprint density at radius 3 is 2.76 bits per heavy atom. The first-order chi connectivity index (χ1) is 11.9. The highest BCUT2D eigenvalue weighted by atomic mass is 32.2. The van der Waals surface area contributed by atoms with E-state index in [1.54, 1.807) is 6.07 Å². The second-order valence-electron chi connectivity index (χ2n) is 5.76. The number of aromatic nitrogens is 1. The summed E-state index contributed by atoms with van der Waals surface area (Å²) in [6.07, 6.45) is 2.81. The van der Waals surface area contributed by atoms with Crippen molar-refractivity contribution in [1.29, 1.82) is 0 Å². The zero-order valence-electron chi connectivity index (χ0n) is 14.3. The van der Waals surface area contributed by atoms with Crippen LogP contribution in [0.4, 0.5) is 5.69 Å². The van der Waals surface area contributed by atoms with Gasteiger partial charge in [0, 0.05) is 24.6 Å². The van der Waals surface area contributed by atoms with Gasteiger partial charge in [0.2, 0.25) is 10.0 Å². The van der Waals surface area contributed by atoms with Crippen LogP contribution in [0.1, 0.15) is 25.3 Å². The predicted molar refractivity (Wildman–Crippen MR) is 100 cm³/mol. The first kappa shape index (κ1) is 18.9. The molecule has 134 valence electrons. The lowest BCUT2D eigenvalue weighted by Gasteiger charge is -2.10. The molecule has 0 aliphatic heterocycles. The van der Waals surface area contributed by atoms with Crippen LogP contribution >= 0.6 is 0 Å². The Bertz CT molecular complexity index is 820. The van der Waals surface area contributed by atoms with Crippen LogP contribution in [-0.2, 0) is 10.0 Å². The third-order valence-electron chi connectivity index (χ3n) is 3.46. The topological polar surface area (TPSA) is 109 Å². The number of nitrogens with zero attached hydrogens (tertiary/aromatic N) is 2. The van der Waals surface area contributed by atoms with Crippen LogP contribution in [0.3, 0.4) is 0 Å². The molecule has 1 aromatic carbocycles. The van der Waals surface area contributed by atoms with E-state index < -0.39 is 10.0 Å². The molecule has 0 spiro atoms. The van der Waals surface area contributed by atoms with E-state index in [4.69, 9.17) is 5.73 Å². The number of rotatable bonds is 7. The van der Waals surface area contributed by atoms with E-state index in [0.29, 0.717) is 5.92 Å². The van der Waals surface area contributed by atoms with Crippen molar-refractivity contribution >= 4 is 21.7 Å². The smallest absolute Gasteiger partial charge is 0.242 e. The molecule has 0 fully saturated rings. The Balaban J connectivity index is 1.87. The van der Waals surface area contributed by atoms with Crippen LogP contribution < -0.4 is 15.8 Å². The molecule has 8 heteroatoms. The molecule has 0 saturated heterocycles. The number of aliphatic imine (C=N–C) groups is 1. The Kier molecular flexibility index (Phi) is 6.49. The molecular weight excluding hydrogens is 338 g/mol. The third-order valence-corrected chi connectivity index (χ3v) is 4.90. The number of hydrogen-bond acceptors (Lipinski definition) is 4. The van der Waals surface area contributed by atoms with Crippen molar-refractivity contribution in [3.05, 3.63) is 54.4 Å². The second kappa shape index (κ2) is 8.59. The molecule has 1 aromatic heterocycles. The van der Waals surface area contributed by atoms with E-state index in [0.717, 1.165) is 5.69 Å². The highest BCUT2D eigenvalue weighted by Gasteiger charge is 2.12. The molecule has 2 aromatic rings. The summed E-state index contributed by atoms with van der Waals surface area (Å²) in [6, 6.07) is 11.0. The maximum absolute atomic E-state index is 12.0. The summed E-state index contributed by atoms with van der Waals surface area (Å²) in [5.74, 6) is 0.656. The quantitative estimate of drug-likeness (QED) is 0.396. The van der Waals surface area contributed by atoms with Gasteiger partial charge in [-0.1, -0.05) is 26.0 Å². The molecule has 0 aliphatic rings. The molecule has 2 rings (SSSR count). The Morgan fingerprint density at radius 1 is 1.28 bits per heavy atom. The van der Waals surface area contributed by atoms with Crippen LogP contribution in [0.2, 0.25) is 0 Å². The average molecular weight is 361 g/mol. The summed E-state index contributed by atoms with van der Waals surface area (Å²) in [4.78, 5) is 8.05. The Labute approximate surface area is 148 Å². The van der Waals surface area contributed by atoms with E-state index in [-0.39, 0.29) is 23.9 Å². The van der Waals surface area contributed by atoms with E-state index >= 15 is 0 Å². The van der Waals surface area contributed by atoms with Crippen LogP contribution in [0.15, 0.2) is 58.7 Å². The van der Waals surface area contributed by atoms with Crippen LogP contribution in [0, 0.1) is 0 Å². The summed E-state index contributed by atoms with van der Waals surface area (Å²) < 4.78 is 26.5. The van der Waals surface area contributed by atoms with Crippen molar-refractivity contribution in [2.45, 2.75) is 24.7 Å². The van der Waals surface area contributed by atoms with Crippen LogP contribution in [0.25, 0.3) is 0 Å². The van der Waals surface area contributed by atoms with Gasteiger partial charge in [0.1, 0.15) is 4.90 Å². The van der Waals surface area contributed by atoms with Gasteiger partial charge in [-0.05, 0) is 35.7 Å². The number of guanidine groups is 1. The summed E-state index contributed by atoms with van der Waals surface area (Å²) in [6.45, 7) is 4.60. The van der Waals surface area contributed by atoms with Crippen molar-refractivity contribution in [2.75, 3.05) is 18.4 Å². The van der Waals surface area contributed by atoms with Crippen molar-refractivity contribution < 1.29 is 8.42 Å². The molecular formula is C17H23N5O2S. The van der Waals surface area contributed by atoms with Crippen LogP contribution in [-0.4, -0.2) is 32.5 Å². The predicted octanol–water partition coefficient (Wildman–Crippen LogP) is 1.91. The van der Waals surface area contributed by atoms with Crippen molar-refractivity contribution in [3.8, 4) is 0 Å². The number of hydrogen-bond donors (Lipinski definition) is 3. The minimum absolute atomic E-state index is 0.121. The zero-order chi connectivity index (χ0) is 18.3. The fourth-order valence-electron chi connectivity index (χ4n) is 2.11. The first-order valence-corrected chi connectivity index (χ1v) is 9.43. The van der Waals surface area contributed by atoms with E-state index in [1.165, 1.54) is 24.0 Å². The zero-order valence-corrected chi connectivity index (χ0v) is 15.1. The van der Waals surface area contributed by atoms with Gasteiger partial charge in [-0.25, -0.2) is 13.1 Å². The number of sulfonamides is 1. The molecule has 0 aliphatic carbocycles. The SMILES string of the molecule is CC(C)c1cccc(NC(N)=NCCNS(=O)(=O)c2cccnc2)c1. The third kappa shape index (κ3) is 5.84. The van der Waals surface area contributed by atoms with Crippen molar-refractivity contribution in [1.82, 2.24) is 9.71 Å². The van der Waals surface area contributed by atoms with Crippen LogP contribution in [0.5, 0.6) is 0 Å². The maximum Gasteiger partial charge on any atom is 0.242 e. The maximum atomic E-state index is 12.0. The fourth-order valence-corrected chi connectivity index (χ4v) is 3.09. The van der Waals surface area contributed by atoms with Gasteiger partial charge in [0.15, 0.2) is 5.96 Å². The number of pyridine rings is 1. The summed E-state index contributed by atoms with van der Waals surface area (Å²) in [5.41, 5.74) is 7.89. The molecule has 0 saturated carbocycles. The molecule has 25 heavy (non-hydrogen) atoms. The average Bonchev–Trinajstić information content (AvgIpc) is 2.60. The molecule has 0 radical (unpaired) electrons. The Hall–Kier alpha value is -2.45. The highest BCUT2D eigenvalue weighted by molar-refractivity contribution is 7.89. The normalized spacial score (nSPS) is 12.4.